The van der Waals surface area contributed by atoms with E-state index in [-0.39, 0.29) is 18.2 Å². The molecule has 0 saturated carbocycles. The average molecular weight is 610 g/mol. The molecule has 2 amide bonds. The zero-order valence-corrected chi connectivity index (χ0v) is 22.3. The zero-order chi connectivity index (χ0) is 24.6. The normalized spacial score (nSPS) is 14.8. The van der Waals surface area contributed by atoms with Gasteiger partial charge in [0.05, 0.1) is 27.3 Å². The summed E-state index contributed by atoms with van der Waals surface area (Å²) in [5.74, 6) is -0.00916. The second-order valence-electron chi connectivity index (χ2n) is 8.14. The van der Waals surface area contributed by atoms with E-state index in [1.165, 1.54) is 0 Å². The zero-order valence-electron chi connectivity index (χ0n) is 18.7. The third kappa shape index (κ3) is 5.08. The minimum absolute atomic E-state index is 0.268. The molecule has 34 heavy (non-hydrogen) atoms. The van der Waals surface area contributed by atoms with Crippen LogP contribution < -0.4 is 26.2 Å². The number of H-pyrrole nitrogens is 1. The van der Waals surface area contributed by atoms with Gasteiger partial charge in [-0.15, -0.1) is 0 Å². The molecular formula is C24H22Cl2IN5O2. The number of carbonyl (C=O) groups excluding carboxylic acids is 2. The van der Waals surface area contributed by atoms with Crippen LogP contribution in [0.5, 0.6) is 0 Å². The lowest BCUT2D eigenvalue weighted by atomic mass is 9.99. The fraction of sp³-hybridized carbons (Fsp3) is 0.208. The van der Waals surface area contributed by atoms with Crippen LogP contribution in [0.1, 0.15) is 22.3 Å². The number of halogens is 3. The Morgan fingerprint density at radius 2 is 1.91 bits per heavy atom. The third-order valence-corrected chi connectivity index (χ3v) is 6.90. The number of aromatic nitrogens is 2. The van der Waals surface area contributed by atoms with Crippen molar-refractivity contribution >= 4 is 80.9 Å². The highest BCUT2D eigenvalue weighted by molar-refractivity contribution is 14.1. The van der Waals surface area contributed by atoms with Crippen molar-refractivity contribution in [1.82, 2.24) is 15.3 Å². The van der Waals surface area contributed by atoms with E-state index in [9.17, 15) is 9.59 Å². The van der Waals surface area contributed by atoms with Gasteiger partial charge in [-0.1, -0.05) is 29.3 Å². The van der Waals surface area contributed by atoms with Gasteiger partial charge in [0.15, 0.2) is 0 Å². The number of hydrogen-bond donors (Lipinski definition) is 3. The molecule has 1 heterocycles. The van der Waals surface area contributed by atoms with Gasteiger partial charge in [-0.25, -0.2) is 4.98 Å². The Labute approximate surface area is 220 Å². The van der Waals surface area contributed by atoms with Gasteiger partial charge in [0, 0.05) is 40.4 Å². The largest absolute Gasteiger partial charge is 0.349 e. The molecule has 0 fully saturated rings. The van der Waals surface area contributed by atoms with Gasteiger partial charge in [0.2, 0.25) is 5.95 Å². The molecule has 1 unspecified atom stereocenters. The van der Waals surface area contributed by atoms with Gasteiger partial charge in [0.1, 0.15) is 0 Å². The highest BCUT2D eigenvalue weighted by Gasteiger charge is 2.25. The van der Waals surface area contributed by atoms with Crippen molar-refractivity contribution in [2.45, 2.75) is 19.4 Å². The number of aromatic amines is 1. The van der Waals surface area contributed by atoms with Crippen LogP contribution in [0.3, 0.4) is 0 Å². The van der Waals surface area contributed by atoms with Gasteiger partial charge < -0.3 is 20.5 Å². The van der Waals surface area contributed by atoms with Crippen molar-refractivity contribution in [2.24, 2.45) is 0 Å². The fourth-order valence-electron chi connectivity index (χ4n) is 3.67. The molecule has 0 aliphatic heterocycles. The molecular weight excluding hydrogens is 588 g/mol. The lowest BCUT2D eigenvalue weighted by molar-refractivity contribution is -0.111. The molecule has 0 radical (unpaired) electrons. The van der Waals surface area contributed by atoms with Crippen LogP contribution in [0.2, 0.25) is 10.0 Å². The summed E-state index contributed by atoms with van der Waals surface area (Å²) in [6, 6.07) is 10.1. The topological polar surface area (TPSA) is 90.1 Å². The summed E-state index contributed by atoms with van der Waals surface area (Å²) >= 11 is 14.6. The summed E-state index contributed by atoms with van der Waals surface area (Å²) in [7, 11) is 3.72. The Balaban J connectivity index is 1.68. The van der Waals surface area contributed by atoms with Crippen LogP contribution in [0.15, 0.2) is 36.4 Å². The number of nitrogens with zero attached hydrogens (tertiary/aromatic N) is 2. The van der Waals surface area contributed by atoms with Crippen molar-refractivity contribution in [3.05, 3.63) is 71.8 Å². The third-order valence-electron chi connectivity index (χ3n) is 5.50. The Kier molecular flexibility index (Phi) is 7.20. The summed E-state index contributed by atoms with van der Waals surface area (Å²) in [6.07, 6.45) is 2.14. The van der Waals surface area contributed by atoms with Crippen LogP contribution in [-0.4, -0.2) is 41.9 Å². The second-order valence-corrected chi connectivity index (χ2v) is 10.2. The summed E-state index contributed by atoms with van der Waals surface area (Å²) in [6.45, 7) is 1.84. The second kappa shape index (κ2) is 9.97. The number of fused-ring (bicyclic) bond motifs is 1. The van der Waals surface area contributed by atoms with Crippen LogP contribution in [0, 0.1) is 10.5 Å². The van der Waals surface area contributed by atoms with Crippen molar-refractivity contribution < 1.29 is 9.59 Å². The molecule has 3 N–H and O–H groups in total. The maximum Gasteiger partial charge on any atom is 0.253 e. The molecule has 7 nitrogen and oxygen atoms in total. The molecule has 10 heteroatoms. The smallest absolute Gasteiger partial charge is 0.253 e. The van der Waals surface area contributed by atoms with Crippen LogP contribution in [0.25, 0.3) is 11.6 Å². The summed E-state index contributed by atoms with van der Waals surface area (Å²) in [5, 5.41) is 8.08. The van der Waals surface area contributed by atoms with Gasteiger partial charge in [-0.2, -0.15) is 0 Å². The minimum atomic E-state index is -0.438. The molecule has 1 atom stereocenters. The maximum absolute atomic E-state index is 13.4. The van der Waals surface area contributed by atoms with E-state index < -0.39 is 6.04 Å². The Morgan fingerprint density at radius 3 is 2.62 bits per heavy atom. The number of rotatable bonds is 5. The molecule has 0 bridgehead atoms. The first-order chi connectivity index (χ1) is 16.1. The first-order valence-corrected chi connectivity index (χ1v) is 12.3. The highest BCUT2D eigenvalue weighted by Crippen LogP contribution is 2.24. The number of benzene rings is 2. The molecule has 1 aliphatic carbocycles. The quantitative estimate of drug-likeness (QED) is 0.387. The van der Waals surface area contributed by atoms with E-state index >= 15 is 0 Å². The SMILES string of the molecule is Cc1c(Cl)cccc1NC(=O)C1=c2nc(N(C)C)[nH]c2=CC(NC(=O)c2ccc(I)cc2Cl)C1. The maximum atomic E-state index is 13.4. The first-order valence-electron chi connectivity index (χ1n) is 10.4. The average Bonchev–Trinajstić information content (AvgIpc) is 3.20. The highest BCUT2D eigenvalue weighted by atomic mass is 127. The standard InChI is InChI=1S/C24H22Cl2IN5O2/c1-12-17(25)5-4-6-19(12)29-23(34)16-10-14(11-20-21(16)31-24(30-20)32(2)3)28-22(33)15-8-7-13(27)9-18(15)26/h4-9,11,14H,10H2,1-3H3,(H,28,33)(H,29,34)(H,30,31). The summed E-state index contributed by atoms with van der Waals surface area (Å²) in [5.41, 5.74) is 2.23. The minimum Gasteiger partial charge on any atom is -0.349 e. The fourth-order valence-corrected chi connectivity index (χ4v) is 4.78. The summed E-state index contributed by atoms with van der Waals surface area (Å²) in [4.78, 5) is 36.0. The molecule has 0 saturated heterocycles. The van der Waals surface area contributed by atoms with E-state index in [0.717, 1.165) is 9.13 Å². The van der Waals surface area contributed by atoms with E-state index in [1.54, 1.807) is 30.3 Å². The Hall–Kier alpha value is -2.56. The van der Waals surface area contributed by atoms with Crippen LogP contribution in [-0.2, 0) is 4.79 Å². The van der Waals surface area contributed by atoms with E-state index in [2.05, 4.69) is 43.2 Å². The Morgan fingerprint density at radius 1 is 1.15 bits per heavy atom. The predicted octanol–water partition coefficient (Wildman–Crippen LogP) is 3.47. The summed E-state index contributed by atoms with van der Waals surface area (Å²) < 4.78 is 0.935. The molecule has 2 aromatic carbocycles. The number of hydrogen-bond acceptors (Lipinski definition) is 4. The number of imidazole rings is 1. The van der Waals surface area contributed by atoms with Gasteiger partial charge in [-0.05, 0) is 71.5 Å². The predicted molar refractivity (Wildman–Crippen MR) is 145 cm³/mol. The number of anilines is 2. The lowest BCUT2D eigenvalue weighted by Gasteiger charge is -2.20. The number of nitrogens with one attached hydrogen (secondary N) is 3. The van der Waals surface area contributed by atoms with Crippen molar-refractivity contribution in [3.8, 4) is 0 Å². The van der Waals surface area contributed by atoms with Gasteiger partial charge >= 0.3 is 0 Å². The van der Waals surface area contributed by atoms with E-state index in [4.69, 9.17) is 23.2 Å². The molecule has 1 aliphatic rings. The van der Waals surface area contributed by atoms with Gasteiger partial charge in [0.25, 0.3) is 11.8 Å². The molecule has 3 aromatic rings. The number of amides is 2. The van der Waals surface area contributed by atoms with Crippen LogP contribution >= 0.6 is 45.8 Å². The van der Waals surface area contributed by atoms with Crippen molar-refractivity contribution in [2.75, 3.05) is 24.3 Å². The van der Waals surface area contributed by atoms with E-state index in [0.29, 0.717) is 43.5 Å². The lowest BCUT2D eigenvalue weighted by Crippen LogP contribution is -2.44. The molecule has 0 spiro atoms. The van der Waals surface area contributed by atoms with Crippen LogP contribution in [0.4, 0.5) is 11.6 Å². The molecule has 1 aromatic heterocycles. The first kappa shape index (κ1) is 24.6. The molecule has 176 valence electrons. The molecule has 4 rings (SSSR count). The van der Waals surface area contributed by atoms with Crippen molar-refractivity contribution in [3.63, 3.8) is 0 Å². The van der Waals surface area contributed by atoms with Crippen molar-refractivity contribution in [1.29, 1.82) is 0 Å². The Bertz CT molecular complexity index is 1420. The monoisotopic (exact) mass is 609 g/mol. The number of carbonyl (C=O) groups is 2. The van der Waals surface area contributed by atoms with Gasteiger partial charge in [-0.3, -0.25) is 9.59 Å². The van der Waals surface area contributed by atoms with E-state index in [1.807, 2.05) is 38.1 Å².